The van der Waals surface area contributed by atoms with Gasteiger partial charge in [-0.3, -0.25) is 4.57 Å². The third-order valence-corrected chi connectivity index (χ3v) is 4.48. The van der Waals surface area contributed by atoms with E-state index < -0.39 is 13.3 Å². The lowest BCUT2D eigenvalue weighted by Crippen LogP contribution is -2.17. The minimum Gasteiger partial charge on any atom is -0.255 e. The molecule has 0 fully saturated rings. The van der Waals surface area contributed by atoms with E-state index in [9.17, 15) is 4.57 Å². The van der Waals surface area contributed by atoms with Crippen LogP contribution in [-0.4, -0.2) is 16.2 Å². The first-order valence-corrected chi connectivity index (χ1v) is 7.43. The summed E-state index contributed by atoms with van der Waals surface area (Å²) in [6.45, 7) is 3.91. The lowest BCUT2D eigenvalue weighted by Gasteiger charge is -2.23. The Kier molecular flexibility index (Phi) is 5.99. The summed E-state index contributed by atoms with van der Waals surface area (Å²) in [4.78, 5) is 0. The van der Waals surface area contributed by atoms with Crippen LogP contribution in [0.2, 0.25) is 0 Å². The molecule has 2 N–H and O–H groups in total. The second kappa shape index (κ2) is 7.02. The summed E-state index contributed by atoms with van der Waals surface area (Å²) < 4.78 is 19.9. The lowest BCUT2D eigenvalue weighted by molar-refractivity contribution is -0.210. The van der Waals surface area contributed by atoms with Gasteiger partial charge in [-0.25, -0.2) is 10.5 Å². The van der Waals surface area contributed by atoms with Crippen molar-refractivity contribution in [2.45, 2.75) is 32.3 Å². The van der Waals surface area contributed by atoms with Gasteiger partial charge >= 0.3 is 7.60 Å². The Bertz CT molecular complexity index is 385. The van der Waals surface area contributed by atoms with Crippen LogP contribution in [0.3, 0.4) is 0 Å². The molecule has 1 rings (SSSR count). The van der Waals surface area contributed by atoms with Crippen molar-refractivity contribution in [1.29, 1.82) is 0 Å². The Morgan fingerprint density at radius 1 is 1.17 bits per heavy atom. The highest BCUT2D eigenvalue weighted by molar-refractivity contribution is 7.54. The molecule has 1 atom stereocenters. The molecule has 0 saturated carbocycles. The topological polar surface area (TPSA) is 76.0 Å². The number of benzene rings is 1. The van der Waals surface area contributed by atoms with Gasteiger partial charge in [0.2, 0.25) is 0 Å². The zero-order valence-corrected chi connectivity index (χ0v) is 11.4. The number of rotatable bonds is 7. The van der Waals surface area contributed by atoms with Crippen LogP contribution in [0.5, 0.6) is 0 Å². The molecule has 0 aliphatic carbocycles. The summed E-state index contributed by atoms with van der Waals surface area (Å²) >= 11 is 0. The first-order valence-electron chi connectivity index (χ1n) is 5.81. The molecule has 102 valence electrons. The van der Waals surface area contributed by atoms with Crippen molar-refractivity contribution in [1.82, 2.24) is 0 Å². The van der Waals surface area contributed by atoms with Gasteiger partial charge in [-0.2, -0.15) is 0 Å². The van der Waals surface area contributed by atoms with E-state index in [1.165, 1.54) is 0 Å². The third kappa shape index (κ3) is 4.19. The summed E-state index contributed by atoms with van der Waals surface area (Å²) in [7, 11) is -3.90. The second-order valence-corrected chi connectivity index (χ2v) is 6.81. The average molecular weight is 274 g/mol. The normalized spacial score (nSPS) is 13.8. The molecule has 6 heteroatoms. The molecular weight excluding hydrogens is 255 g/mol. The molecule has 1 aromatic rings. The summed E-state index contributed by atoms with van der Waals surface area (Å²) in [5.74, 6) is 0.234. The Morgan fingerprint density at radius 3 is 2.17 bits per heavy atom. The van der Waals surface area contributed by atoms with Crippen molar-refractivity contribution in [2.24, 2.45) is 5.92 Å². The van der Waals surface area contributed by atoms with Crippen LogP contribution in [0.15, 0.2) is 30.3 Å². The lowest BCUT2D eigenvalue weighted by atomic mass is 10.0. The molecule has 0 radical (unpaired) electrons. The maximum atomic E-state index is 12.0. The van der Waals surface area contributed by atoms with Gasteiger partial charge in [-0.05, 0) is 24.3 Å². The van der Waals surface area contributed by atoms with E-state index in [4.69, 9.17) is 10.5 Å². The number of hydrogen-bond acceptors (Lipinski definition) is 5. The highest BCUT2D eigenvalue weighted by Gasteiger charge is 2.37. The van der Waals surface area contributed by atoms with Gasteiger partial charge in [0.05, 0.1) is 5.66 Å². The van der Waals surface area contributed by atoms with Crippen LogP contribution >= 0.6 is 7.60 Å². The minimum atomic E-state index is -3.90. The fourth-order valence-corrected chi connectivity index (χ4v) is 3.31. The molecule has 0 aromatic heterocycles. The van der Waals surface area contributed by atoms with Crippen molar-refractivity contribution in [3.05, 3.63) is 35.9 Å². The second-order valence-electron chi connectivity index (χ2n) is 4.68. The smallest absolute Gasteiger partial charge is 0.255 e. The highest BCUT2D eigenvalue weighted by Crippen LogP contribution is 2.54. The summed E-state index contributed by atoms with van der Waals surface area (Å²) in [5.41, 5.74) is 0.354. The molecule has 18 heavy (non-hydrogen) atoms. The standard InChI is InChI=1S/C12H19O5P/c1-10(2)8-12(18(15,16-13)17-14)9-11-6-4-3-5-7-11/h3-7,10,12-14H,8-9H2,1-2H3. The van der Waals surface area contributed by atoms with Crippen LogP contribution in [0.4, 0.5) is 0 Å². The van der Waals surface area contributed by atoms with Crippen molar-refractivity contribution in [3.8, 4) is 0 Å². The van der Waals surface area contributed by atoms with Crippen LogP contribution in [0.1, 0.15) is 25.8 Å². The molecular formula is C12H19O5P. The molecule has 0 heterocycles. The first kappa shape index (κ1) is 15.3. The third-order valence-electron chi connectivity index (χ3n) is 2.73. The van der Waals surface area contributed by atoms with Crippen LogP contribution in [0, 0.1) is 5.92 Å². The first-order chi connectivity index (χ1) is 8.51. The van der Waals surface area contributed by atoms with E-state index in [0.717, 1.165) is 5.56 Å². The maximum Gasteiger partial charge on any atom is 0.387 e. The quantitative estimate of drug-likeness (QED) is 0.449. The van der Waals surface area contributed by atoms with Crippen molar-refractivity contribution >= 4 is 7.60 Å². The largest absolute Gasteiger partial charge is 0.387 e. The minimum absolute atomic E-state index is 0.234. The molecule has 5 nitrogen and oxygen atoms in total. The predicted molar refractivity (Wildman–Crippen MR) is 68.4 cm³/mol. The zero-order chi connectivity index (χ0) is 13.6. The van der Waals surface area contributed by atoms with Crippen LogP contribution < -0.4 is 0 Å². The Labute approximate surface area is 107 Å². The molecule has 0 saturated heterocycles. The Hall–Kier alpha value is -0.710. The van der Waals surface area contributed by atoms with Crippen molar-refractivity contribution in [3.63, 3.8) is 0 Å². The summed E-state index contributed by atoms with van der Waals surface area (Å²) in [6, 6.07) is 9.38. The van der Waals surface area contributed by atoms with Gasteiger partial charge in [0.15, 0.2) is 0 Å². The van der Waals surface area contributed by atoms with Crippen molar-refractivity contribution < 1.29 is 24.4 Å². The van der Waals surface area contributed by atoms with Gasteiger partial charge in [0.1, 0.15) is 0 Å². The maximum absolute atomic E-state index is 12.0. The van der Waals surface area contributed by atoms with E-state index in [0.29, 0.717) is 12.8 Å². The average Bonchev–Trinajstić information content (AvgIpc) is 2.38. The molecule has 0 amide bonds. The monoisotopic (exact) mass is 274 g/mol. The van der Waals surface area contributed by atoms with Gasteiger partial charge < -0.3 is 0 Å². The number of hydrogen-bond donors (Lipinski definition) is 2. The van der Waals surface area contributed by atoms with Crippen LogP contribution in [-0.2, 0) is 20.3 Å². The van der Waals surface area contributed by atoms with Crippen LogP contribution in [0.25, 0.3) is 0 Å². The molecule has 0 aliphatic heterocycles. The van der Waals surface area contributed by atoms with Gasteiger partial charge in [0.25, 0.3) is 0 Å². The van der Waals surface area contributed by atoms with Gasteiger partial charge in [-0.1, -0.05) is 44.2 Å². The molecule has 1 aromatic carbocycles. The van der Waals surface area contributed by atoms with E-state index >= 15 is 0 Å². The zero-order valence-electron chi connectivity index (χ0n) is 10.5. The molecule has 0 spiro atoms. The molecule has 1 unspecified atom stereocenters. The fourth-order valence-electron chi connectivity index (χ4n) is 1.90. The predicted octanol–water partition coefficient (Wildman–Crippen LogP) is 3.82. The highest BCUT2D eigenvalue weighted by atomic mass is 31.2. The van der Waals surface area contributed by atoms with E-state index in [-0.39, 0.29) is 5.92 Å². The van der Waals surface area contributed by atoms with E-state index in [2.05, 4.69) is 9.35 Å². The van der Waals surface area contributed by atoms with E-state index in [1.54, 1.807) is 0 Å². The Balaban J connectivity index is 2.88. The SMILES string of the molecule is CC(C)CC(Cc1ccccc1)P(=O)(OO)OO. The Morgan fingerprint density at radius 2 is 1.72 bits per heavy atom. The van der Waals surface area contributed by atoms with Gasteiger partial charge in [-0.15, -0.1) is 9.35 Å². The van der Waals surface area contributed by atoms with Gasteiger partial charge in [0, 0.05) is 0 Å². The molecule has 0 bridgehead atoms. The summed E-state index contributed by atoms with van der Waals surface area (Å²) in [5, 5.41) is 17.4. The molecule has 0 aliphatic rings. The van der Waals surface area contributed by atoms with E-state index in [1.807, 2.05) is 44.2 Å². The van der Waals surface area contributed by atoms with Crippen molar-refractivity contribution in [2.75, 3.05) is 0 Å². The summed E-state index contributed by atoms with van der Waals surface area (Å²) in [6.07, 6.45) is 0.907. The fraction of sp³-hybridized carbons (Fsp3) is 0.500.